The first-order chi connectivity index (χ1) is 13.2. The van der Waals surface area contributed by atoms with Gasteiger partial charge in [0.1, 0.15) is 5.00 Å². The molecule has 5 nitrogen and oxygen atoms in total. The van der Waals surface area contributed by atoms with E-state index in [2.05, 4.69) is 10.6 Å². The van der Waals surface area contributed by atoms with Crippen LogP contribution in [-0.2, 0) is 12.8 Å². The maximum atomic E-state index is 12.7. The van der Waals surface area contributed by atoms with Gasteiger partial charge in [-0.1, -0.05) is 12.5 Å². The smallest absolute Gasteiger partial charge is 0.256 e. The number of benzene rings is 1. The molecule has 6 heteroatoms. The van der Waals surface area contributed by atoms with Crippen molar-refractivity contribution in [3.63, 3.8) is 0 Å². The van der Waals surface area contributed by atoms with Crippen LogP contribution in [0.5, 0.6) is 0 Å². The van der Waals surface area contributed by atoms with Crippen LogP contribution in [0.25, 0.3) is 0 Å². The van der Waals surface area contributed by atoms with Crippen molar-refractivity contribution in [2.45, 2.75) is 44.6 Å². The Morgan fingerprint density at radius 3 is 2.78 bits per heavy atom. The standard InChI is InChI=1S/C21H25N3O2S/c22-12-16-5-2-6-18(16)23-20(26)17-9-10-27-21(17)24-19(25)15-8-7-13-3-1-4-14(13)11-15/h7-11,16,18H,1-6,12,22H2,(H,23,26)(H,24,25). The summed E-state index contributed by atoms with van der Waals surface area (Å²) in [6.07, 6.45) is 6.41. The van der Waals surface area contributed by atoms with E-state index < -0.39 is 0 Å². The zero-order valence-corrected chi connectivity index (χ0v) is 16.1. The third-order valence-corrected chi connectivity index (χ3v) is 6.61. The van der Waals surface area contributed by atoms with Crippen LogP contribution in [0.15, 0.2) is 29.6 Å². The fourth-order valence-electron chi connectivity index (χ4n) is 4.23. The van der Waals surface area contributed by atoms with E-state index in [0.717, 1.165) is 38.5 Å². The second-order valence-corrected chi connectivity index (χ2v) is 8.38. The monoisotopic (exact) mass is 383 g/mol. The predicted octanol–water partition coefficient (Wildman–Crippen LogP) is 3.35. The zero-order valence-electron chi connectivity index (χ0n) is 15.3. The first-order valence-corrected chi connectivity index (χ1v) is 10.5. The molecular weight excluding hydrogens is 358 g/mol. The Morgan fingerprint density at radius 2 is 1.93 bits per heavy atom. The summed E-state index contributed by atoms with van der Waals surface area (Å²) < 4.78 is 0. The molecule has 1 saturated carbocycles. The minimum atomic E-state index is -0.165. The molecule has 2 aromatic rings. The maximum absolute atomic E-state index is 12.7. The molecule has 2 unspecified atom stereocenters. The molecule has 142 valence electrons. The fourth-order valence-corrected chi connectivity index (χ4v) is 5.01. The lowest BCUT2D eigenvalue weighted by molar-refractivity contribution is 0.0930. The van der Waals surface area contributed by atoms with E-state index in [0.29, 0.717) is 28.6 Å². The van der Waals surface area contributed by atoms with Gasteiger partial charge in [0.15, 0.2) is 0 Å². The van der Waals surface area contributed by atoms with E-state index in [4.69, 9.17) is 5.73 Å². The summed E-state index contributed by atoms with van der Waals surface area (Å²) in [5.74, 6) is 0.0461. The van der Waals surface area contributed by atoms with Gasteiger partial charge < -0.3 is 16.4 Å². The van der Waals surface area contributed by atoms with Gasteiger partial charge in [0.05, 0.1) is 5.56 Å². The van der Waals surface area contributed by atoms with E-state index in [-0.39, 0.29) is 17.9 Å². The molecule has 0 radical (unpaired) electrons. The summed E-state index contributed by atoms with van der Waals surface area (Å²) in [4.78, 5) is 25.4. The number of thiophene rings is 1. The maximum Gasteiger partial charge on any atom is 0.256 e. The largest absolute Gasteiger partial charge is 0.349 e. The molecule has 2 aliphatic carbocycles. The van der Waals surface area contributed by atoms with Crippen molar-refractivity contribution >= 4 is 28.2 Å². The van der Waals surface area contributed by atoms with Crippen LogP contribution in [0, 0.1) is 5.92 Å². The van der Waals surface area contributed by atoms with Crippen LogP contribution in [0.1, 0.15) is 57.5 Å². The number of amides is 2. The Labute approximate surface area is 163 Å². The number of aryl methyl sites for hydroxylation is 2. The van der Waals surface area contributed by atoms with Crippen LogP contribution in [0.2, 0.25) is 0 Å². The SMILES string of the molecule is NCC1CCCC1NC(=O)c1ccsc1NC(=O)c1ccc2c(c1)CCC2. The number of anilines is 1. The number of nitrogens with two attached hydrogens (primary N) is 1. The number of fused-ring (bicyclic) bond motifs is 1. The number of rotatable bonds is 5. The van der Waals surface area contributed by atoms with Crippen molar-refractivity contribution < 1.29 is 9.59 Å². The minimum absolute atomic E-state index is 0.127. The molecule has 0 aliphatic heterocycles. The summed E-state index contributed by atoms with van der Waals surface area (Å²) in [7, 11) is 0. The highest BCUT2D eigenvalue weighted by Crippen LogP contribution is 2.28. The molecule has 1 fully saturated rings. The highest BCUT2D eigenvalue weighted by Gasteiger charge is 2.28. The van der Waals surface area contributed by atoms with Gasteiger partial charge in [0.25, 0.3) is 11.8 Å². The molecule has 0 saturated heterocycles. The zero-order chi connectivity index (χ0) is 18.8. The van der Waals surface area contributed by atoms with Crippen molar-refractivity contribution in [1.29, 1.82) is 0 Å². The molecule has 1 aromatic heterocycles. The van der Waals surface area contributed by atoms with E-state index in [1.807, 2.05) is 23.6 Å². The third-order valence-electron chi connectivity index (χ3n) is 5.78. The number of carbonyl (C=O) groups is 2. The molecule has 2 amide bonds. The second-order valence-electron chi connectivity index (χ2n) is 7.46. The topological polar surface area (TPSA) is 84.2 Å². The van der Waals surface area contributed by atoms with Crippen molar-refractivity contribution in [3.8, 4) is 0 Å². The van der Waals surface area contributed by atoms with E-state index >= 15 is 0 Å². The Bertz CT molecular complexity index is 861. The lowest BCUT2D eigenvalue weighted by atomic mass is 10.0. The van der Waals surface area contributed by atoms with E-state index in [1.54, 1.807) is 6.07 Å². The highest BCUT2D eigenvalue weighted by atomic mass is 32.1. The van der Waals surface area contributed by atoms with Gasteiger partial charge in [-0.25, -0.2) is 0 Å². The van der Waals surface area contributed by atoms with Crippen molar-refractivity contribution in [3.05, 3.63) is 51.9 Å². The Balaban J connectivity index is 1.45. The fraction of sp³-hybridized carbons (Fsp3) is 0.429. The predicted molar refractivity (Wildman–Crippen MR) is 108 cm³/mol. The Morgan fingerprint density at radius 1 is 1.07 bits per heavy atom. The summed E-state index contributed by atoms with van der Waals surface area (Å²) in [6, 6.07) is 7.80. The van der Waals surface area contributed by atoms with Gasteiger partial charge in [0, 0.05) is 11.6 Å². The summed E-state index contributed by atoms with van der Waals surface area (Å²) in [5.41, 5.74) is 9.59. The Kier molecular flexibility index (Phi) is 5.27. The Hall–Kier alpha value is -2.18. The first kappa shape index (κ1) is 18.2. The summed E-state index contributed by atoms with van der Waals surface area (Å²) in [6.45, 7) is 0.594. The molecule has 2 aliphatic rings. The molecule has 1 heterocycles. The summed E-state index contributed by atoms with van der Waals surface area (Å²) in [5, 5.41) is 8.46. The van der Waals surface area contributed by atoms with Crippen LogP contribution in [0.4, 0.5) is 5.00 Å². The second kappa shape index (κ2) is 7.82. The van der Waals surface area contributed by atoms with Crippen LogP contribution >= 0.6 is 11.3 Å². The molecule has 4 N–H and O–H groups in total. The molecular formula is C21H25N3O2S. The average molecular weight is 384 g/mol. The van der Waals surface area contributed by atoms with Crippen LogP contribution in [-0.4, -0.2) is 24.4 Å². The van der Waals surface area contributed by atoms with Crippen molar-refractivity contribution in [1.82, 2.24) is 5.32 Å². The molecule has 1 aromatic carbocycles. The molecule has 2 atom stereocenters. The van der Waals surface area contributed by atoms with Crippen LogP contribution in [0.3, 0.4) is 0 Å². The highest BCUT2D eigenvalue weighted by molar-refractivity contribution is 7.14. The van der Waals surface area contributed by atoms with Gasteiger partial charge in [-0.15, -0.1) is 11.3 Å². The molecule has 4 rings (SSSR count). The third kappa shape index (κ3) is 3.77. The summed E-state index contributed by atoms with van der Waals surface area (Å²) >= 11 is 1.37. The van der Waals surface area contributed by atoms with E-state index in [9.17, 15) is 9.59 Å². The normalized spacial score (nSPS) is 21.1. The lowest BCUT2D eigenvalue weighted by Crippen LogP contribution is -2.40. The van der Waals surface area contributed by atoms with Gasteiger partial charge in [-0.05, 0) is 79.3 Å². The molecule has 27 heavy (non-hydrogen) atoms. The minimum Gasteiger partial charge on any atom is -0.349 e. The van der Waals surface area contributed by atoms with Crippen molar-refractivity contribution in [2.75, 3.05) is 11.9 Å². The molecule has 0 bridgehead atoms. The average Bonchev–Trinajstić information content (AvgIpc) is 3.41. The van der Waals surface area contributed by atoms with Gasteiger partial charge >= 0.3 is 0 Å². The quantitative estimate of drug-likeness (QED) is 0.740. The van der Waals surface area contributed by atoms with Gasteiger partial charge in [-0.3, -0.25) is 9.59 Å². The van der Waals surface area contributed by atoms with Gasteiger partial charge in [0.2, 0.25) is 0 Å². The van der Waals surface area contributed by atoms with Crippen LogP contribution < -0.4 is 16.4 Å². The number of hydrogen-bond donors (Lipinski definition) is 3. The van der Waals surface area contributed by atoms with E-state index in [1.165, 1.54) is 22.5 Å². The first-order valence-electron chi connectivity index (χ1n) is 9.67. The lowest BCUT2D eigenvalue weighted by Gasteiger charge is -2.19. The van der Waals surface area contributed by atoms with Crippen molar-refractivity contribution in [2.24, 2.45) is 11.7 Å². The number of nitrogens with one attached hydrogen (secondary N) is 2. The number of hydrogen-bond acceptors (Lipinski definition) is 4. The number of carbonyl (C=O) groups excluding carboxylic acids is 2. The van der Waals surface area contributed by atoms with Gasteiger partial charge in [-0.2, -0.15) is 0 Å². The molecule has 0 spiro atoms.